The van der Waals surface area contributed by atoms with Crippen LogP contribution in [0.3, 0.4) is 0 Å². The Hall–Kier alpha value is -2.26. The topological polar surface area (TPSA) is 37.4 Å². The van der Waals surface area contributed by atoms with Crippen LogP contribution in [0.5, 0.6) is 0 Å². The van der Waals surface area contributed by atoms with Gasteiger partial charge in [-0.05, 0) is 55.7 Å². The SMILES string of the molecule is CC(=O)C1CCCCC(C(=O)CN2CCc3ccccc3C2c2ccccc2)CCCC1. The summed E-state index contributed by atoms with van der Waals surface area (Å²) in [6, 6.07) is 19.5. The minimum Gasteiger partial charge on any atom is -0.300 e. The Balaban J connectivity index is 1.46. The Bertz CT molecular complexity index is 894. The molecule has 0 bridgehead atoms. The third-order valence-corrected chi connectivity index (χ3v) is 7.60. The van der Waals surface area contributed by atoms with Crippen molar-refractivity contribution in [1.82, 2.24) is 4.90 Å². The number of carbonyl (C=O) groups excluding carboxylic acids is 2. The van der Waals surface area contributed by atoms with Gasteiger partial charge in [-0.3, -0.25) is 14.5 Å². The second-order valence-corrected chi connectivity index (χ2v) is 9.77. The van der Waals surface area contributed by atoms with Gasteiger partial charge in [0.15, 0.2) is 0 Å². The normalized spacial score (nSPS) is 25.0. The molecule has 0 N–H and O–H groups in total. The Morgan fingerprint density at radius 1 is 0.812 bits per heavy atom. The highest BCUT2D eigenvalue weighted by Crippen LogP contribution is 2.35. The lowest BCUT2D eigenvalue weighted by molar-refractivity contribution is -0.125. The van der Waals surface area contributed by atoms with Gasteiger partial charge < -0.3 is 0 Å². The van der Waals surface area contributed by atoms with Gasteiger partial charge in [0, 0.05) is 18.4 Å². The van der Waals surface area contributed by atoms with E-state index in [2.05, 4.69) is 59.5 Å². The summed E-state index contributed by atoms with van der Waals surface area (Å²) in [5, 5.41) is 0. The van der Waals surface area contributed by atoms with Crippen molar-refractivity contribution in [3.05, 3.63) is 71.3 Å². The lowest BCUT2D eigenvalue weighted by Crippen LogP contribution is -2.41. The van der Waals surface area contributed by atoms with Gasteiger partial charge in [0.25, 0.3) is 0 Å². The minimum absolute atomic E-state index is 0.154. The number of rotatable bonds is 5. The van der Waals surface area contributed by atoms with Gasteiger partial charge in [-0.1, -0.05) is 80.3 Å². The maximum Gasteiger partial charge on any atom is 0.149 e. The van der Waals surface area contributed by atoms with E-state index in [0.29, 0.717) is 18.1 Å². The summed E-state index contributed by atoms with van der Waals surface area (Å²) in [6.45, 7) is 3.20. The summed E-state index contributed by atoms with van der Waals surface area (Å²) < 4.78 is 0. The van der Waals surface area contributed by atoms with Crippen molar-refractivity contribution >= 4 is 11.6 Å². The standard InChI is InChI=1S/C29H37NO2/c1-22(31)23-11-5-7-14-25(15-8-6-12-23)28(32)21-30-20-19-24-13-9-10-18-27(24)29(30)26-16-3-2-4-17-26/h2-4,9-10,13,16-18,23,25,29H,5-8,11-12,14-15,19-21H2,1H3. The van der Waals surface area contributed by atoms with Crippen LogP contribution in [0.1, 0.15) is 81.0 Å². The van der Waals surface area contributed by atoms with E-state index in [1.807, 2.05) is 0 Å². The van der Waals surface area contributed by atoms with Crippen molar-refractivity contribution in [3.63, 3.8) is 0 Å². The van der Waals surface area contributed by atoms with Crippen molar-refractivity contribution in [3.8, 4) is 0 Å². The molecule has 0 radical (unpaired) electrons. The molecule has 0 amide bonds. The molecule has 170 valence electrons. The number of carbonyl (C=O) groups is 2. The van der Waals surface area contributed by atoms with Crippen LogP contribution < -0.4 is 0 Å². The van der Waals surface area contributed by atoms with E-state index in [1.165, 1.54) is 16.7 Å². The fourth-order valence-electron chi connectivity index (χ4n) is 5.72. The summed E-state index contributed by atoms with van der Waals surface area (Å²) >= 11 is 0. The molecule has 0 aromatic heterocycles. The fraction of sp³-hybridized carbons (Fsp3) is 0.517. The van der Waals surface area contributed by atoms with Gasteiger partial charge in [-0.2, -0.15) is 0 Å². The van der Waals surface area contributed by atoms with Crippen molar-refractivity contribution in [1.29, 1.82) is 0 Å². The third kappa shape index (κ3) is 5.56. The fourth-order valence-corrected chi connectivity index (χ4v) is 5.72. The lowest BCUT2D eigenvalue weighted by atomic mass is 9.84. The molecule has 32 heavy (non-hydrogen) atoms. The predicted molar refractivity (Wildman–Crippen MR) is 130 cm³/mol. The first-order valence-corrected chi connectivity index (χ1v) is 12.5. The highest BCUT2D eigenvalue weighted by atomic mass is 16.1. The zero-order chi connectivity index (χ0) is 22.3. The number of ketones is 2. The molecule has 1 saturated carbocycles. The zero-order valence-electron chi connectivity index (χ0n) is 19.5. The number of hydrogen-bond donors (Lipinski definition) is 0. The van der Waals surface area contributed by atoms with Gasteiger partial charge >= 0.3 is 0 Å². The molecule has 1 unspecified atom stereocenters. The predicted octanol–water partition coefficient (Wildman–Crippen LogP) is 6.16. The molecule has 2 aliphatic rings. The van der Waals surface area contributed by atoms with E-state index < -0.39 is 0 Å². The molecular formula is C29H37NO2. The van der Waals surface area contributed by atoms with Crippen molar-refractivity contribution < 1.29 is 9.59 Å². The first kappa shape index (κ1) is 22.9. The monoisotopic (exact) mass is 431 g/mol. The molecular weight excluding hydrogens is 394 g/mol. The van der Waals surface area contributed by atoms with Crippen LogP contribution in [0.25, 0.3) is 0 Å². The van der Waals surface area contributed by atoms with Gasteiger partial charge in [0.2, 0.25) is 0 Å². The second-order valence-electron chi connectivity index (χ2n) is 9.77. The molecule has 0 spiro atoms. The van der Waals surface area contributed by atoms with E-state index >= 15 is 0 Å². The van der Waals surface area contributed by atoms with Crippen LogP contribution in [0.2, 0.25) is 0 Å². The zero-order valence-corrected chi connectivity index (χ0v) is 19.5. The number of benzene rings is 2. The van der Waals surface area contributed by atoms with Crippen molar-refractivity contribution in [2.45, 2.75) is 70.8 Å². The first-order chi connectivity index (χ1) is 15.6. The molecule has 1 heterocycles. The highest BCUT2D eigenvalue weighted by Gasteiger charge is 2.31. The maximum atomic E-state index is 13.5. The van der Waals surface area contributed by atoms with Crippen LogP contribution in [0.4, 0.5) is 0 Å². The summed E-state index contributed by atoms with van der Waals surface area (Å²) in [5.41, 5.74) is 4.02. The van der Waals surface area contributed by atoms with E-state index in [-0.39, 0.29) is 17.9 Å². The average molecular weight is 432 g/mol. The number of hydrogen-bond acceptors (Lipinski definition) is 3. The van der Waals surface area contributed by atoms with E-state index in [1.54, 1.807) is 6.92 Å². The molecule has 1 aliphatic carbocycles. The summed E-state index contributed by atoms with van der Waals surface area (Å²) in [7, 11) is 0. The quantitative estimate of drug-likeness (QED) is 0.569. The molecule has 1 atom stereocenters. The summed E-state index contributed by atoms with van der Waals surface area (Å²) in [4.78, 5) is 27.7. The Labute approximate surface area is 193 Å². The molecule has 0 saturated heterocycles. The number of Topliss-reactive ketones (excluding diaryl/α,β-unsaturated/α-hetero) is 2. The van der Waals surface area contributed by atoms with Gasteiger partial charge in [0.1, 0.15) is 11.6 Å². The molecule has 4 rings (SSSR count). The molecule has 1 fully saturated rings. The number of fused-ring (bicyclic) bond motifs is 1. The van der Waals surface area contributed by atoms with Crippen LogP contribution >= 0.6 is 0 Å². The molecule has 3 nitrogen and oxygen atoms in total. The molecule has 3 heteroatoms. The summed E-state index contributed by atoms with van der Waals surface area (Å²) in [6.07, 6.45) is 9.20. The van der Waals surface area contributed by atoms with Crippen LogP contribution in [0.15, 0.2) is 54.6 Å². The minimum atomic E-state index is 0.154. The largest absolute Gasteiger partial charge is 0.300 e. The Morgan fingerprint density at radius 3 is 2.06 bits per heavy atom. The summed E-state index contributed by atoms with van der Waals surface area (Å²) in [5.74, 6) is 1.16. The Morgan fingerprint density at radius 2 is 1.41 bits per heavy atom. The van der Waals surface area contributed by atoms with Gasteiger partial charge in [0.05, 0.1) is 12.6 Å². The van der Waals surface area contributed by atoms with Crippen molar-refractivity contribution in [2.24, 2.45) is 11.8 Å². The molecule has 2 aromatic carbocycles. The smallest absolute Gasteiger partial charge is 0.149 e. The van der Waals surface area contributed by atoms with E-state index in [4.69, 9.17) is 0 Å². The van der Waals surface area contributed by atoms with Crippen LogP contribution in [-0.4, -0.2) is 29.6 Å². The van der Waals surface area contributed by atoms with E-state index in [9.17, 15) is 9.59 Å². The van der Waals surface area contributed by atoms with Crippen LogP contribution in [-0.2, 0) is 16.0 Å². The van der Waals surface area contributed by atoms with Crippen molar-refractivity contribution in [2.75, 3.05) is 13.1 Å². The van der Waals surface area contributed by atoms with E-state index in [0.717, 1.165) is 64.3 Å². The molecule has 1 aliphatic heterocycles. The second kappa shape index (κ2) is 11.0. The van der Waals surface area contributed by atoms with Gasteiger partial charge in [-0.15, -0.1) is 0 Å². The number of nitrogens with zero attached hydrogens (tertiary/aromatic N) is 1. The first-order valence-electron chi connectivity index (χ1n) is 12.5. The highest BCUT2D eigenvalue weighted by molar-refractivity contribution is 5.83. The third-order valence-electron chi connectivity index (χ3n) is 7.60. The molecule has 2 aromatic rings. The van der Waals surface area contributed by atoms with Gasteiger partial charge in [-0.25, -0.2) is 0 Å². The average Bonchev–Trinajstić information content (AvgIpc) is 2.82. The maximum absolute atomic E-state index is 13.5. The lowest BCUT2D eigenvalue weighted by Gasteiger charge is -2.38. The van der Waals surface area contributed by atoms with Crippen LogP contribution in [0, 0.1) is 11.8 Å². The Kier molecular flexibility index (Phi) is 7.91.